The Morgan fingerprint density at radius 2 is 1.50 bits per heavy atom. The average molecular weight is 308 g/mol. The lowest BCUT2D eigenvalue weighted by molar-refractivity contribution is -0.137. The molecule has 2 aromatic rings. The maximum absolute atomic E-state index is 12.4. The molecule has 0 aliphatic rings. The van der Waals surface area contributed by atoms with Gasteiger partial charge < -0.3 is 10.6 Å². The van der Waals surface area contributed by atoms with Crippen LogP contribution in [0.5, 0.6) is 0 Å². The van der Waals surface area contributed by atoms with Gasteiger partial charge in [0.2, 0.25) is 5.91 Å². The summed E-state index contributed by atoms with van der Waals surface area (Å²) in [6.45, 7) is 1.99. The number of anilines is 2. The fourth-order valence-corrected chi connectivity index (χ4v) is 1.80. The van der Waals surface area contributed by atoms with Gasteiger partial charge in [-0.05, 0) is 43.3 Å². The minimum absolute atomic E-state index is 0.0318. The lowest BCUT2D eigenvalue weighted by atomic mass is 10.2. The smallest absolute Gasteiger partial charge is 0.376 e. The van der Waals surface area contributed by atoms with Crippen molar-refractivity contribution in [3.05, 3.63) is 59.7 Å². The van der Waals surface area contributed by atoms with Crippen LogP contribution in [0.2, 0.25) is 0 Å². The van der Waals surface area contributed by atoms with E-state index >= 15 is 0 Å². The van der Waals surface area contributed by atoms with Crippen LogP contribution < -0.4 is 10.6 Å². The molecule has 6 heteroatoms. The first-order chi connectivity index (χ1) is 10.3. The van der Waals surface area contributed by atoms with Gasteiger partial charge in [-0.1, -0.05) is 17.7 Å². The summed E-state index contributed by atoms with van der Waals surface area (Å²) in [5.74, 6) is -0.333. The lowest BCUT2D eigenvalue weighted by Crippen LogP contribution is -2.21. The average Bonchev–Trinajstić information content (AvgIpc) is 2.46. The van der Waals surface area contributed by atoms with Crippen molar-refractivity contribution in [3.8, 4) is 0 Å². The number of aryl methyl sites for hydroxylation is 1. The van der Waals surface area contributed by atoms with Gasteiger partial charge in [0, 0.05) is 11.4 Å². The van der Waals surface area contributed by atoms with Crippen molar-refractivity contribution in [2.24, 2.45) is 0 Å². The molecular weight excluding hydrogens is 293 g/mol. The van der Waals surface area contributed by atoms with Crippen LogP contribution in [0, 0.1) is 6.92 Å². The fourth-order valence-electron chi connectivity index (χ4n) is 1.80. The molecule has 0 aromatic heterocycles. The molecule has 22 heavy (non-hydrogen) atoms. The third kappa shape index (κ3) is 4.51. The topological polar surface area (TPSA) is 41.1 Å². The van der Waals surface area contributed by atoms with Gasteiger partial charge in [-0.25, -0.2) is 0 Å². The molecule has 0 heterocycles. The first kappa shape index (κ1) is 15.9. The van der Waals surface area contributed by atoms with E-state index < -0.39 is 11.7 Å². The van der Waals surface area contributed by atoms with E-state index in [-0.39, 0.29) is 12.5 Å². The summed E-state index contributed by atoms with van der Waals surface area (Å²) in [6, 6.07) is 11.8. The lowest BCUT2D eigenvalue weighted by Gasteiger charge is -2.10. The van der Waals surface area contributed by atoms with Crippen LogP contribution in [0.4, 0.5) is 24.5 Å². The Hall–Kier alpha value is -2.50. The number of amides is 1. The third-order valence-corrected chi connectivity index (χ3v) is 3.00. The highest BCUT2D eigenvalue weighted by atomic mass is 19.4. The first-order valence-corrected chi connectivity index (χ1v) is 6.62. The number of rotatable bonds is 4. The molecule has 0 atom stereocenters. The van der Waals surface area contributed by atoms with Crippen LogP contribution in [0.15, 0.2) is 48.5 Å². The van der Waals surface area contributed by atoms with Gasteiger partial charge in [0.05, 0.1) is 12.1 Å². The molecule has 0 spiro atoms. The number of carbonyl (C=O) groups is 1. The molecule has 2 rings (SSSR count). The van der Waals surface area contributed by atoms with Crippen molar-refractivity contribution in [1.82, 2.24) is 0 Å². The molecule has 116 valence electrons. The molecule has 0 aliphatic heterocycles. The highest BCUT2D eigenvalue weighted by Gasteiger charge is 2.29. The van der Waals surface area contributed by atoms with Crippen LogP contribution >= 0.6 is 0 Å². The SMILES string of the molecule is Cc1ccc(NCC(=O)Nc2ccc(C(F)(F)F)cc2)cc1. The predicted octanol–water partition coefficient (Wildman–Crippen LogP) is 4.06. The number of halogens is 3. The predicted molar refractivity (Wildman–Crippen MR) is 79.7 cm³/mol. The van der Waals surface area contributed by atoms with E-state index in [1.807, 2.05) is 31.2 Å². The molecule has 0 bridgehead atoms. The Morgan fingerprint density at radius 1 is 0.955 bits per heavy atom. The van der Waals surface area contributed by atoms with E-state index in [0.717, 1.165) is 23.4 Å². The molecule has 0 radical (unpaired) electrons. The number of nitrogens with one attached hydrogen (secondary N) is 2. The molecule has 1 amide bonds. The first-order valence-electron chi connectivity index (χ1n) is 6.62. The van der Waals surface area contributed by atoms with Crippen LogP contribution in [-0.4, -0.2) is 12.5 Å². The normalized spacial score (nSPS) is 11.1. The van der Waals surface area contributed by atoms with Gasteiger partial charge in [-0.2, -0.15) is 13.2 Å². The van der Waals surface area contributed by atoms with Crippen LogP contribution in [0.3, 0.4) is 0 Å². The van der Waals surface area contributed by atoms with Crippen molar-refractivity contribution in [2.45, 2.75) is 13.1 Å². The van der Waals surface area contributed by atoms with E-state index in [4.69, 9.17) is 0 Å². The van der Waals surface area contributed by atoms with Crippen molar-refractivity contribution >= 4 is 17.3 Å². The van der Waals surface area contributed by atoms with Crippen LogP contribution in [-0.2, 0) is 11.0 Å². The summed E-state index contributed by atoms with van der Waals surface area (Å²) in [6.07, 6.45) is -4.38. The minimum atomic E-state index is -4.38. The molecule has 0 unspecified atom stereocenters. The summed E-state index contributed by atoms with van der Waals surface area (Å²) < 4.78 is 37.3. The van der Waals surface area contributed by atoms with E-state index in [1.54, 1.807) is 0 Å². The fraction of sp³-hybridized carbons (Fsp3) is 0.188. The zero-order chi connectivity index (χ0) is 16.2. The van der Waals surface area contributed by atoms with Crippen molar-refractivity contribution in [3.63, 3.8) is 0 Å². The Balaban J connectivity index is 1.88. The summed E-state index contributed by atoms with van der Waals surface area (Å²) >= 11 is 0. The van der Waals surface area contributed by atoms with Gasteiger partial charge in [-0.3, -0.25) is 4.79 Å². The molecule has 3 nitrogen and oxygen atoms in total. The highest BCUT2D eigenvalue weighted by Crippen LogP contribution is 2.29. The van der Waals surface area contributed by atoms with E-state index in [9.17, 15) is 18.0 Å². The number of benzene rings is 2. The van der Waals surface area contributed by atoms with Crippen molar-refractivity contribution in [1.29, 1.82) is 0 Å². The minimum Gasteiger partial charge on any atom is -0.376 e. The maximum Gasteiger partial charge on any atom is 0.416 e. The quantitative estimate of drug-likeness (QED) is 0.894. The highest BCUT2D eigenvalue weighted by molar-refractivity contribution is 5.93. The summed E-state index contributed by atoms with van der Waals surface area (Å²) in [5.41, 5.74) is 1.49. The third-order valence-electron chi connectivity index (χ3n) is 3.00. The number of alkyl halides is 3. The van der Waals surface area contributed by atoms with Crippen molar-refractivity contribution in [2.75, 3.05) is 17.2 Å². The zero-order valence-electron chi connectivity index (χ0n) is 11.9. The monoisotopic (exact) mass is 308 g/mol. The maximum atomic E-state index is 12.4. The molecule has 0 fully saturated rings. The summed E-state index contributed by atoms with van der Waals surface area (Å²) in [5, 5.41) is 5.47. The number of hydrogen-bond acceptors (Lipinski definition) is 2. The molecule has 2 N–H and O–H groups in total. The van der Waals surface area contributed by atoms with Gasteiger partial charge >= 0.3 is 6.18 Å². The van der Waals surface area contributed by atoms with Crippen LogP contribution in [0.1, 0.15) is 11.1 Å². The molecule has 0 saturated carbocycles. The Kier molecular flexibility index (Phi) is 4.70. The van der Waals surface area contributed by atoms with Gasteiger partial charge in [0.25, 0.3) is 0 Å². The molecule has 0 saturated heterocycles. The summed E-state index contributed by atoms with van der Waals surface area (Å²) in [4.78, 5) is 11.7. The summed E-state index contributed by atoms with van der Waals surface area (Å²) in [7, 11) is 0. The number of hydrogen-bond donors (Lipinski definition) is 2. The van der Waals surface area contributed by atoms with E-state index in [0.29, 0.717) is 5.69 Å². The molecule has 2 aromatic carbocycles. The second kappa shape index (κ2) is 6.51. The van der Waals surface area contributed by atoms with Gasteiger partial charge in [0.1, 0.15) is 0 Å². The molecular formula is C16H15F3N2O. The van der Waals surface area contributed by atoms with E-state index in [2.05, 4.69) is 10.6 Å². The van der Waals surface area contributed by atoms with Gasteiger partial charge in [-0.15, -0.1) is 0 Å². The Labute approximate surface area is 126 Å². The van der Waals surface area contributed by atoms with Crippen LogP contribution in [0.25, 0.3) is 0 Å². The zero-order valence-corrected chi connectivity index (χ0v) is 11.9. The second-order valence-electron chi connectivity index (χ2n) is 4.84. The van der Waals surface area contributed by atoms with E-state index in [1.165, 1.54) is 12.1 Å². The van der Waals surface area contributed by atoms with Crippen molar-refractivity contribution < 1.29 is 18.0 Å². The standard InChI is InChI=1S/C16H15F3N2O/c1-11-2-6-13(7-3-11)20-10-15(22)21-14-8-4-12(5-9-14)16(17,18)19/h2-9,20H,10H2,1H3,(H,21,22). The Morgan fingerprint density at radius 3 is 2.05 bits per heavy atom. The second-order valence-corrected chi connectivity index (χ2v) is 4.84. The van der Waals surface area contributed by atoms with Gasteiger partial charge in [0.15, 0.2) is 0 Å². The Bertz CT molecular complexity index is 634. The number of carbonyl (C=O) groups excluding carboxylic acids is 1. The largest absolute Gasteiger partial charge is 0.416 e. The molecule has 0 aliphatic carbocycles.